The summed E-state index contributed by atoms with van der Waals surface area (Å²) in [5.41, 5.74) is 1.53. The molecule has 2 aromatic rings. The minimum atomic E-state index is 0.150. The van der Waals surface area contributed by atoms with Crippen LogP contribution in [0.1, 0.15) is 35.3 Å². The molecule has 0 amide bonds. The molecule has 0 radical (unpaired) electrons. The first-order valence-electron chi connectivity index (χ1n) is 7.49. The van der Waals surface area contributed by atoms with Gasteiger partial charge in [-0.3, -0.25) is 4.90 Å². The lowest BCUT2D eigenvalue weighted by molar-refractivity contribution is 0.0879. The SMILES string of the molecule is Cc1cnc(CN2CC(C)(C)NCC2c2ccccc2)s1. The number of thiazole rings is 1. The number of piperazine rings is 1. The Morgan fingerprint density at radius 3 is 2.76 bits per heavy atom. The van der Waals surface area contributed by atoms with Crippen molar-refractivity contribution in [3.63, 3.8) is 0 Å². The Hall–Kier alpha value is -1.23. The molecule has 4 heteroatoms. The fourth-order valence-corrected chi connectivity index (χ4v) is 3.81. The number of aromatic nitrogens is 1. The quantitative estimate of drug-likeness (QED) is 0.942. The predicted octanol–water partition coefficient (Wildman–Crippen LogP) is 3.38. The molecule has 1 saturated heterocycles. The molecule has 1 N–H and O–H groups in total. The Morgan fingerprint density at radius 2 is 2.10 bits per heavy atom. The lowest BCUT2D eigenvalue weighted by Crippen LogP contribution is -2.57. The zero-order valence-electron chi connectivity index (χ0n) is 13.0. The Balaban J connectivity index is 1.83. The van der Waals surface area contributed by atoms with Gasteiger partial charge in [0.15, 0.2) is 0 Å². The topological polar surface area (TPSA) is 28.2 Å². The molecule has 1 aromatic carbocycles. The van der Waals surface area contributed by atoms with Gasteiger partial charge in [-0.05, 0) is 26.3 Å². The number of aryl methyl sites for hydroxylation is 1. The molecule has 0 aliphatic carbocycles. The van der Waals surface area contributed by atoms with Crippen LogP contribution in [0.5, 0.6) is 0 Å². The van der Waals surface area contributed by atoms with Gasteiger partial charge in [-0.1, -0.05) is 30.3 Å². The third-order valence-electron chi connectivity index (χ3n) is 4.00. The molecule has 3 rings (SSSR count). The minimum Gasteiger partial charge on any atom is -0.309 e. The van der Waals surface area contributed by atoms with Gasteiger partial charge in [-0.2, -0.15) is 0 Å². The summed E-state index contributed by atoms with van der Waals surface area (Å²) in [7, 11) is 0. The lowest BCUT2D eigenvalue weighted by atomic mass is 9.95. The first kappa shape index (κ1) is 14.7. The normalized spacial score (nSPS) is 22.3. The van der Waals surface area contributed by atoms with Crippen LogP contribution in [0.15, 0.2) is 36.5 Å². The molecule has 1 atom stereocenters. The minimum absolute atomic E-state index is 0.150. The van der Waals surface area contributed by atoms with Crippen molar-refractivity contribution >= 4 is 11.3 Å². The molecule has 0 saturated carbocycles. The van der Waals surface area contributed by atoms with Crippen LogP contribution in [0, 0.1) is 6.92 Å². The van der Waals surface area contributed by atoms with Gasteiger partial charge in [0.05, 0.1) is 6.54 Å². The first-order valence-corrected chi connectivity index (χ1v) is 8.30. The van der Waals surface area contributed by atoms with Crippen molar-refractivity contribution in [2.75, 3.05) is 13.1 Å². The highest BCUT2D eigenvalue weighted by molar-refractivity contribution is 7.11. The highest BCUT2D eigenvalue weighted by Gasteiger charge is 2.33. The summed E-state index contributed by atoms with van der Waals surface area (Å²) < 4.78 is 0. The first-order chi connectivity index (χ1) is 10.0. The molecular formula is C17H23N3S. The van der Waals surface area contributed by atoms with Crippen LogP contribution in [0.3, 0.4) is 0 Å². The Morgan fingerprint density at radius 1 is 1.33 bits per heavy atom. The molecule has 21 heavy (non-hydrogen) atoms. The second-order valence-corrected chi connectivity index (χ2v) is 7.78. The number of nitrogens with one attached hydrogen (secondary N) is 1. The molecule has 1 aliphatic rings. The van der Waals surface area contributed by atoms with Gasteiger partial charge in [-0.25, -0.2) is 4.98 Å². The number of hydrogen-bond acceptors (Lipinski definition) is 4. The van der Waals surface area contributed by atoms with Crippen molar-refractivity contribution < 1.29 is 0 Å². The van der Waals surface area contributed by atoms with Crippen LogP contribution in [-0.4, -0.2) is 28.5 Å². The van der Waals surface area contributed by atoms with Crippen LogP contribution in [-0.2, 0) is 6.54 Å². The summed E-state index contributed by atoms with van der Waals surface area (Å²) in [6.07, 6.45) is 1.98. The van der Waals surface area contributed by atoms with Crippen LogP contribution in [0.25, 0.3) is 0 Å². The van der Waals surface area contributed by atoms with Gasteiger partial charge < -0.3 is 5.32 Å². The zero-order valence-corrected chi connectivity index (χ0v) is 13.8. The molecule has 112 valence electrons. The fourth-order valence-electron chi connectivity index (χ4n) is 2.99. The molecule has 0 spiro atoms. The molecular weight excluding hydrogens is 278 g/mol. The average Bonchev–Trinajstić information content (AvgIpc) is 2.84. The van der Waals surface area contributed by atoms with Gasteiger partial charge in [0.25, 0.3) is 0 Å². The number of rotatable bonds is 3. The van der Waals surface area contributed by atoms with E-state index in [1.54, 1.807) is 11.3 Å². The van der Waals surface area contributed by atoms with E-state index in [2.05, 4.69) is 66.3 Å². The van der Waals surface area contributed by atoms with E-state index in [0.717, 1.165) is 19.6 Å². The van der Waals surface area contributed by atoms with Gasteiger partial charge in [0.1, 0.15) is 5.01 Å². The van der Waals surface area contributed by atoms with Crippen LogP contribution >= 0.6 is 11.3 Å². The van der Waals surface area contributed by atoms with Crippen molar-refractivity contribution in [1.82, 2.24) is 15.2 Å². The smallest absolute Gasteiger partial charge is 0.107 e. The van der Waals surface area contributed by atoms with Crippen molar-refractivity contribution in [2.24, 2.45) is 0 Å². The third-order valence-corrected chi connectivity index (χ3v) is 4.90. The standard InChI is InChI=1S/C17H23N3S/c1-13-9-18-16(21-13)11-20-12-17(2,3)19-10-15(20)14-7-5-4-6-8-14/h4-9,15,19H,10-12H2,1-3H3. The number of nitrogens with zero attached hydrogens (tertiary/aromatic N) is 2. The van der Waals surface area contributed by atoms with Crippen molar-refractivity contribution in [2.45, 2.75) is 38.9 Å². The van der Waals surface area contributed by atoms with Gasteiger partial charge in [-0.15, -0.1) is 11.3 Å². The van der Waals surface area contributed by atoms with E-state index in [1.165, 1.54) is 15.4 Å². The van der Waals surface area contributed by atoms with E-state index >= 15 is 0 Å². The maximum absolute atomic E-state index is 4.54. The molecule has 2 heterocycles. The monoisotopic (exact) mass is 301 g/mol. The highest BCUT2D eigenvalue weighted by Crippen LogP contribution is 2.29. The van der Waals surface area contributed by atoms with E-state index in [1.807, 2.05) is 6.20 Å². The highest BCUT2D eigenvalue weighted by atomic mass is 32.1. The van der Waals surface area contributed by atoms with Gasteiger partial charge >= 0.3 is 0 Å². The van der Waals surface area contributed by atoms with Crippen LogP contribution < -0.4 is 5.32 Å². The summed E-state index contributed by atoms with van der Waals surface area (Å²) in [4.78, 5) is 8.39. The molecule has 1 unspecified atom stereocenters. The van der Waals surface area contributed by atoms with Gasteiger partial charge in [0.2, 0.25) is 0 Å². The Labute approximate surface area is 131 Å². The average molecular weight is 301 g/mol. The van der Waals surface area contributed by atoms with Crippen molar-refractivity contribution in [3.8, 4) is 0 Å². The lowest BCUT2D eigenvalue weighted by Gasteiger charge is -2.44. The largest absolute Gasteiger partial charge is 0.309 e. The zero-order chi connectivity index (χ0) is 14.9. The van der Waals surface area contributed by atoms with E-state index in [0.29, 0.717) is 6.04 Å². The summed E-state index contributed by atoms with van der Waals surface area (Å²) in [6, 6.07) is 11.2. The summed E-state index contributed by atoms with van der Waals surface area (Å²) in [5, 5.41) is 4.88. The van der Waals surface area contributed by atoms with Crippen LogP contribution in [0.4, 0.5) is 0 Å². The molecule has 3 nitrogen and oxygen atoms in total. The van der Waals surface area contributed by atoms with Crippen molar-refractivity contribution in [3.05, 3.63) is 52.0 Å². The van der Waals surface area contributed by atoms with Crippen LogP contribution in [0.2, 0.25) is 0 Å². The second kappa shape index (κ2) is 5.87. The number of hydrogen-bond donors (Lipinski definition) is 1. The van der Waals surface area contributed by atoms with E-state index in [9.17, 15) is 0 Å². The molecule has 1 aliphatic heterocycles. The summed E-state index contributed by atoms with van der Waals surface area (Å²) >= 11 is 1.81. The number of benzene rings is 1. The summed E-state index contributed by atoms with van der Waals surface area (Å²) in [5.74, 6) is 0. The second-order valence-electron chi connectivity index (χ2n) is 6.46. The molecule has 1 aromatic heterocycles. The Kier molecular flexibility index (Phi) is 4.11. The van der Waals surface area contributed by atoms with Gasteiger partial charge in [0, 0.05) is 35.7 Å². The maximum atomic E-state index is 4.54. The Bertz CT molecular complexity index is 591. The predicted molar refractivity (Wildman–Crippen MR) is 88.5 cm³/mol. The van der Waals surface area contributed by atoms with Crippen molar-refractivity contribution in [1.29, 1.82) is 0 Å². The third kappa shape index (κ3) is 3.51. The van der Waals surface area contributed by atoms with E-state index in [-0.39, 0.29) is 5.54 Å². The molecule has 0 bridgehead atoms. The van der Waals surface area contributed by atoms with E-state index in [4.69, 9.17) is 0 Å². The van der Waals surface area contributed by atoms with E-state index < -0.39 is 0 Å². The summed E-state index contributed by atoms with van der Waals surface area (Å²) in [6.45, 7) is 9.62. The molecule has 1 fully saturated rings. The fraction of sp³-hybridized carbons (Fsp3) is 0.471. The maximum Gasteiger partial charge on any atom is 0.107 e.